The topological polar surface area (TPSA) is 46.2 Å². The number of rotatable bonds is 6. The second-order valence-electron chi connectivity index (χ2n) is 5.54. The Labute approximate surface area is 116 Å². The molecule has 0 aliphatic heterocycles. The molecule has 0 spiro atoms. The van der Waals surface area contributed by atoms with E-state index in [4.69, 9.17) is 0 Å². The molecular weight excluding hydrogens is 258 g/mol. The van der Waals surface area contributed by atoms with Gasteiger partial charge in [-0.1, -0.05) is 18.2 Å². The third-order valence-corrected chi connectivity index (χ3v) is 4.80. The van der Waals surface area contributed by atoms with Crippen molar-refractivity contribution in [3.05, 3.63) is 34.9 Å². The maximum atomic E-state index is 11.0. The van der Waals surface area contributed by atoms with Crippen molar-refractivity contribution in [1.29, 1.82) is 0 Å². The van der Waals surface area contributed by atoms with Crippen molar-refractivity contribution >= 4 is 9.84 Å². The van der Waals surface area contributed by atoms with Gasteiger partial charge < -0.3 is 5.32 Å². The van der Waals surface area contributed by atoms with Gasteiger partial charge in [-0.2, -0.15) is 0 Å². The van der Waals surface area contributed by atoms with Gasteiger partial charge in [-0.05, 0) is 55.8 Å². The van der Waals surface area contributed by atoms with Crippen LogP contribution in [0.1, 0.15) is 42.5 Å². The molecule has 1 aromatic carbocycles. The minimum Gasteiger partial charge on any atom is -0.310 e. The molecule has 1 aliphatic carbocycles. The minimum absolute atomic E-state index is 0.261. The average molecular weight is 281 g/mol. The van der Waals surface area contributed by atoms with Crippen LogP contribution in [0, 0.1) is 0 Å². The van der Waals surface area contributed by atoms with E-state index in [1.807, 2.05) is 0 Å². The second-order valence-corrected chi connectivity index (χ2v) is 7.80. The van der Waals surface area contributed by atoms with E-state index in [9.17, 15) is 8.42 Å². The molecule has 19 heavy (non-hydrogen) atoms. The lowest BCUT2D eigenvalue weighted by Crippen LogP contribution is -2.22. The number of aryl methyl sites for hydroxylation is 2. The number of fused-ring (bicyclic) bond motifs is 1. The molecule has 1 N–H and O–H groups in total. The maximum Gasteiger partial charge on any atom is 0.147 e. The number of nitrogens with one attached hydrogen (secondary N) is 1. The van der Waals surface area contributed by atoms with E-state index in [0.29, 0.717) is 6.42 Å². The van der Waals surface area contributed by atoms with Gasteiger partial charge in [0.05, 0.1) is 5.75 Å². The summed E-state index contributed by atoms with van der Waals surface area (Å²) in [5.41, 5.74) is 4.29. The highest BCUT2D eigenvalue weighted by molar-refractivity contribution is 7.90. The van der Waals surface area contributed by atoms with E-state index >= 15 is 0 Å². The molecule has 0 saturated carbocycles. The molecular formula is C15H23NO2S. The molecule has 0 amide bonds. The Morgan fingerprint density at radius 3 is 2.74 bits per heavy atom. The first-order valence-corrected chi connectivity index (χ1v) is 9.04. The Morgan fingerprint density at radius 2 is 2.00 bits per heavy atom. The van der Waals surface area contributed by atoms with Crippen molar-refractivity contribution < 1.29 is 8.42 Å². The fourth-order valence-corrected chi connectivity index (χ4v) is 3.30. The summed E-state index contributed by atoms with van der Waals surface area (Å²) in [6, 6.07) is 7.02. The standard InChI is InChI=1S/C15H23NO2S/c1-12(16-9-4-10-19(2,17)18)14-8-7-13-5-3-6-15(13)11-14/h7-8,11-12,16H,3-6,9-10H2,1-2H3. The van der Waals surface area contributed by atoms with Gasteiger partial charge in [0.25, 0.3) is 0 Å². The predicted molar refractivity (Wildman–Crippen MR) is 79.2 cm³/mol. The van der Waals surface area contributed by atoms with Crippen LogP contribution in [0.25, 0.3) is 0 Å². The largest absolute Gasteiger partial charge is 0.310 e. The molecule has 106 valence electrons. The van der Waals surface area contributed by atoms with E-state index in [2.05, 4.69) is 30.4 Å². The van der Waals surface area contributed by atoms with Gasteiger partial charge in [0.15, 0.2) is 0 Å². The van der Waals surface area contributed by atoms with E-state index in [1.54, 1.807) is 0 Å². The molecule has 0 radical (unpaired) electrons. The SMILES string of the molecule is CC(NCCCS(C)(=O)=O)c1ccc2c(c1)CCC2. The summed E-state index contributed by atoms with van der Waals surface area (Å²) in [7, 11) is -2.83. The molecule has 1 unspecified atom stereocenters. The summed E-state index contributed by atoms with van der Waals surface area (Å²) in [5.74, 6) is 0.261. The van der Waals surface area contributed by atoms with E-state index < -0.39 is 9.84 Å². The van der Waals surface area contributed by atoms with Crippen LogP contribution in [-0.4, -0.2) is 27.0 Å². The van der Waals surface area contributed by atoms with Gasteiger partial charge >= 0.3 is 0 Å². The number of hydrogen-bond acceptors (Lipinski definition) is 3. The molecule has 0 heterocycles. The Bertz CT molecular complexity index is 537. The second kappa shape index (κ2) is 6.06. The van der Waals surface area contributed by atoms with Crippen LogP contribution in [0.4, 0.5) is 0 Å². The average Bonchev–Trinajstić information content (AvgIpc) is 2.80. The lowest BCUT2D eigenvalue weighted by Gasteiger charge is -2.15. The zero-order valence-electron chi connectivity index (χ0n) is 11.8. The summed E-state index contributed by atoms with van der Waals surface area (Å²) < 4.78 is 22.1. The minimum atomic E-state index is -2.83. The first-order chi connectivity index (χ1) is 8.96. The normalized spacial score (nSPS) is 16.3. The molecule has 0 saturated heterocycles. The van der Waals surface area contributed by atoms with Crippen molar-refractivity contribution in [2.24, 2.45) is 0 Å². The van der Waals surface area contributed by atoms with Crippen LogP contribution in [0.15, 0.2) is 18.2 Å². The number of benzene rings is 1. The maximum absolute atomic E-state index is 11.0. The van der Waals surface area contributed by atoms with Crippen molar-refractivity contribution in [1.82, 2.24) is 5.32 Å². The van der Waals surface area contributed by atoms with Gasteiger partial charge in [-0.15, -0.1) is 0 Å². The Hall–Kier alpha value is -0.870. The van der Waals surface area contributed by atoms with Crippen LogP contribution in [0.2, 0.25) is 0 Å². The van der Waals surface area contributed by atoms with Gasteiger partial charge in [0, 0.05) is 12.3 Å². The molecule has 1 aromatic rings. The molecule has 1 aliphatic rings. The highest BCUT2D eigenvalue weighted by Crippen LogP contribution is 2.25. The van der Waals surface area contributed by atoms with Gasteiger partial charge in [-0.25, -0.2) is 8.42 Å². The van der Waals surface area contributed by atoms with E-state index in [-0.39, 0.29) is 11.8 Å². The van der Waals surface area contributed by atoms with Crippen LogP contribution in [0.5, 0.6) is 0 Å². The van der Waals surface area contributed by atoms with Crippen LogP contribution >= 0.6 is 0 Å². The van der Waals surface area contributed by atoms with Crippen LogP contribution in [0.3, 0.4) is 0 Å². The third-order valence-electron chi connectivity index (χ3n) is 3.76. The van der Waals surface area contributed by atoms with Crippen molar-refractivity contribution in [2.45, 2.75) is 38.6 Å². The Morgan fingerprint density at radius 1 is 1.26 bits per heavy atom. The molecule has 4 heteroatoms. The highest BCUT2D eigenvalue weighted by Gasteiger charge is 2.13. The summed E-state index contributed by atoms with van der Waals surface area (Å²) in [6.07, 6.45) is 5.65. The Kier molecular flexibility index (Phi) is 4.63. The first kappa shape index (κ1) is 14.5. The molecule has 3 nitrogen and oxygen atoms in total. The predicted octanol–water partition coefficient (Wildman–Crippen LogP) is 2.26. The first-order valence-electron chi connectivity index (χ1n) is 6.98. The fraction of sp³-hybridized carbons (Fsp3) is 0.600. The summed E-state index contributed by atoms with van der Waals surface area (Å²) in [5, 5.41) is 3.40. The van der Waals surface area contributed by atoms with E-state index in [0.717, 1.165) is 6.54 Å². The summed E-state index contributed by atoms with van der Waals surface area (Å²) >= 11 is 0. The molecule has 0 fully saturated rings. The summed E-state index contributed by atoms with van der Waals surface area (Å²) in [4.78, 5) is 0. The van der Waals surface area contributed by atoms with Crippen molar-refractivity contribution in [3.8, 4) is 0 Å². The lowest BCUT2D eigenvalue weighted by atomic mass is 10.0. The number of sulfone groups is 1. The lowest BCUT2D eigenvalue weighted by molar-refractivity contribution is 0.561. The highest BCUT2D eigenvalue weighted by atomic mass is 32.2. The molecule has 2 rings (SSSR count). The van der Waals surface area contributed by atoms with Gasteiger partial charge in [0.2, 0.25) is 0 Å². The molecule has 0 bridgehead atoms. The quantitative estimate of drug-likeness (QED) is 0.814. The number of hydrogen-bond donors (Lipinski definition) is 1. The third kappa shape index (κ3) is 4.32. The monoisotopic (exact) mass is 281 g/mol. The van der Waals surface area contributed by atoms with Gasteiger partial charge in [0.1, 0.15) is 9.84 Å². The fourth-order valence-electron chi connectivity index (χ4n) is 2.63. The van der Waals surface area contributed by atoms with Crippen molar-refractivity contribution in [3.63, 3.8) is 0 Å². The zero-order chi connectivity index (χ0) is 13.9. The van der Waals surface area contributed by atoms with Crippen molar-refractivity contribution in [2.75, 3.05) is 18.6 Å². The Balaban J connectivity index is 1.85. The smallest absolute Gasteiger partial charge is 0.147 e. The molecule has 0 aromatic heterocycles. The zero-order valence-corrected chi connectivity index (χ0v) is 12.6. The molecule has 1 atom stereocenters. The van der Waals surface area contributed by atoms with Crippen LogP contribution in [-0.2, 0) is 22.7 Å². The van der Waals surface area contributed by atoms with Crippen LogP contribution < -0.4 is 5.32 Å². The van der Waals surface area contributed by atoms with E-state index in [1.165, 1.54) is 42.2 Å². The summed E-state index contributed by atoms with van der Waals surface area (Å²) in [6.45, 7) is 2.88. The van der Waals surface area contributed by atoms with Gasteiger partial charge in [-0.3, -0.25) is 0 Å².